The van der Waals surface area contributed by atoms with Crippen molar-refractivity contribution >= 4 is 5.97 Å². The Morgan fingerprint density at radius 2 is 1.43 bits per heavy atom. The molecule has 10 heteroatoms. The number of carboxylic acids is 1. The first-order chi connectivity index (χ1) is 24.1. The summed E-state index contributed by atoms with van der Waals surface area (Å²) in [6.07, 6.45) is 1.58. The van der Waals surface area contributed by atoms with Crippen LogP contribution >= 0.6 is 0 Å². The number of rotatable bonds is 12. The van der Waals surface area contributed by atoms with E-state index in [1.54, 1.807) is 0 Å². The van der Waals surface area contributed by atoms with Crippen molar-refractivity contribution in [2.24, 2.45) is 0 Å². The molecule has 10 nitrogen and oxygen atoms in total. The van der Waals surface area contributed by atoms with Gasteiger partial charge in [-0.25, -0.2) is 9.78 Å². The van der Waals surface area contributed by atoms with E-state index in [4.69, 9.17) is 4.98 Å². The molecule has 4 aromatic carbocycles. The normalized spacial score (nSPS) is 14.0. The lowest BCUT2D eigenvalue weighted by atomic mass is 9.96. The number of aromatic nitrogens is 6. The van der Waals surface area contributed by atoms with Gasteiger partial charge in [-0.3, -0.25) is 9.80 Å². The number of nitrogens with zero attached hydrogens (tertiary/aromatic N) is 7. The smallest absolute Gasteiger partial charge is 0.354 e. The van der Waals surface area contributed by atoms with Crippen molar-refractivity contribution in [3.63, 3.8) is 0 Å². The summed E-state index contributed by atoms with van der Waals surface area (Å²) in [5, 5.41) is 25.1. The number of tetrazole rings is 1. The number of hydrogen-bond donors (Lipinski definition) is 2. The second-order valence-corrected chi connectivity index (χ2v) is 12.5. The van der Waals surface area contributed by atoms with Crippen molar-refractivity contribution in [3.8, 4) is 22.5 Å². The Bertz CT molecular complexity index is 1930. The van der Waals surface area contributed by atoms with E-state index in [1.165, 1.54) is 11.1 Å². The molecule has 2 aromatic heterocycles. The fourth-order valence-electron chi connectivity index (χ4n) is 6.94. The summed E-state index contributed by atoms with van der Waals surface area (Å²) in [4.78, 5) is 22.7. The molecule has 2 N–H and O–H groups in total. The molecule has 0 saturated carbocycles. The monoisotopic (exact) mass is 652 g/mol. The molecule has 7 rings (SSSR count). The number of carboxylic acid groups (broad SMARTS) is 1. The maximum atomic E-state index is 12.8. The summed E-state index contributed by atoms with van der Waals surface area (Å²) >= 11 is 0. The fraction of sp³-hybridized carbons (Fsp3) is 0.256. The zero-order valence-electron chi connectivity index (χ0n) is 27.6. The van der Waals surface area contributed by atoms with Crippen LogP contribution in [0.15, 0.2) is 109 Å². The minimum absolute atomic E-state index is 0.174. The first kappa shape index (κ1) is 32.1. The van der Waals surface area contributed by atoms with Crippen LogP contribution in [0.5, 0.6) is 0 Å². The number of H-pyrrole nitrogens is 1. The molecule has 0 aliphatic carbocycles. The van der Waals surface area contributed by atoms with Gasteiger partial charge < -0.3 is 9.67 Å². The van der Waals surface area contributed by atoms with E-state index >= 15 is 0 Å². The molecule has 6 aromatic rings. The number of nitrogens with one attached hydrogen (secondary N) is 1. The summed E-state index contributed by atoms with van der Waals surface area (Å²) in [5.41, 5.74) is 7.39. The summed E-state index contributed by atoms with van der Waals surface area (Å²) < 4.78 is 1.90. The molecule has 0 radical (unpaired) electrons. The van der Waals surface area contributed by atoms with Crippen molar-refractivity contribution in [1.29, 1.82) is 0 Å². The van der Waals surface area contributed by atoms with Gasteiger partial charge in [0.1, 0.15) is 5.82 Å². The number of aryl methyl sites for hydroxylation is 1. The highest BCUT2D eigenvalue weighted by Crippen LogP contribution is 2.31. The summed E-state index contributed by atoms with van der Waals surface area (Å²) in [7, 11) is 0. The number of aromatic amines is 1. The number of imidazole rings is 1. The summed E-state index contributed by atoms with van der Waals surface area (Å²) in [5.74, 6) is 0.408. The highest BCUT2D eigenvalue weighted by Gasteiger charge is 2.29. The molecule has 0 amide bonds. The number of piperazine rings is 1. The molecule has 248 valence electrons. The number of carbonyl (C=O) groups is 1. The second kappa shape index (κ2) is 14.8. The molecule has 0 bridgehead atoms. The van der Waals surface area contributed by atoms with Crippen LogP contribution in [0, 0.1) is 0 Å². The van der Waals surface area contributed by atoms with E-state index in [0.29, 0.717) is 31.0 Å². The number of benzene rings is 4. The first-order valence-corrected chi connectivity index (χ1v) is 16.9. The molecule has 1 fully saturated rings. The van der Waals surface area contributed by atoms with E-state index in [1.807, 2.05) is 28.8 Å². The lowest BCUT2D eigenvalue weighted by Crippen LogP contribution is -2.47. The molecular formula is C39H40N8O2. The zero-order chi connectivity index (χ0) is 33.6. The topological polar surface area (TPSA) is 116 Å². The van der Waals surface area contributed by atoms with Gasteiger partial charge in [-0.2, -0.15) is 5.21 Å². The van der Waals surface area contributed by atoms with Gasteiger partial charge in [-0.05, 0) is 39.5 Å². The van der Waals surface area contributed by atoms with Crippen molar-refractivity contribution in [2.45, 2.75) is 38.9 Å². The highest BCUT2D eigenvalue weighted by atomic mass is 16.4. The highest BCUT2D eigenvalue weighted by molar-refractivity contribution is 5.87. The van der Waals surface area contributed by atoms with Crippen LogP contribution in [-0.4, -0.2) is 77.2 Å². The van der Waals surface area contributed by atoms with Gasteiger partial charge in [0.15, 0.2) is 5.69 Å². The zero-order valence-corrected chi connectivity index (χ0v) is 27.6. The van der Waals surface area contributed by atoms with Gasteiger partial charge in [0.2, 0.25) is 5.82 Å². The number of hydrogen-bond acceptors (Lipinski definition) is 7. The van der Waals surface area contributed by atoms with Crippen LogP contribution in [0.4, 0.5) is 0 Å². The standard InChI is InChI=1S/C39H40N8O2/c1-2-11-35-40-34(27-45-22-24-46(25-23-45)36(30-12-5-3-6-13-30)31-14-7-4-8-15-31)37(39(48)49)47(35)26-28-18-20-29(21-19-28)32-16-9-10-17-33(32)38-41-43-44-42-38/h3-10,12-21,36H,2,11,22-27H2,1H3,(H,48,49)(H,41,42,43,44). The van der Waals surface area contributed by atoms with Crippen molar-refractivity contribution in [2.75, 3.05) is 26.2 Å². The van der Waals surface area contributed by atoms with Crippen LogP contribution in [0.1, 0.15) is 58.1 Å². The fourth-order valence-corrected chi connectivity index (χ4v) is 6.94. The molecule has 1 saturated heterocycles. The van der Waals surface area contributed by atoms with Gasteiger partial charge in [0, 0.05) is 51.3 Å². The van der Waals surface area contributed by atoms with Gasteiger partial charge in [-0.15, -0.1) is 10.2 Å². The summed E-state index contributed by atoms with van der Waals surface area (Å²) in [6, 6.07) is 37.7. The van der Waals surface area contributed by atoms with E-state index in [-0.39, 0.29) is 11.7 Å². The van der Waals surface area contributed by atoms with Crippen LogP contribution in [-0.2, 0) is 19.5 Å². The predicted octanol–water partition coefficient (Wildman–Crippen LogP) is 6.34. The third-order valence-electron chi connectivity index (χ3n) is 9.29. The van der Waals surface area contributed by atoms with Crippen molar-refractivity contribution < 1.29 is 9.90 Å². The van der Waals surface area contributed by atoms with E-state index in [2.05, 4.69) is 122 Å². The third kappa shape index (κ3) is 7.06. The Labute approximate surface area is 286 Å². The Morgan fingerprint density at radius 3 is 2.02 bits per heavy atom. The van der Waals surface area contributed by atoms with Crippen LogP contribution in [0.3, 0.4) is 0 Å². The van der Waals surface area contributed by atoms with E-state index < -0.39 is 5.97 Å². The largest absolute Gasteiger partial charge is 0.477 e. The van der Waals surface area contributed by atoms with Crippen molar-refractivity contribution in [3.05, 3.63) is 143 Å². The molecular weight excluding hydrogens is 612 g/mol. The third-order valence-corrected chi connectivity index (χ3v) is 9.29. The van der Waals surface area contributed by atoms with E-state index in [9.17, 15) is 9.90 Å². The Morgan fingerprint density at radius 1 is 0.796 bits per heavy atom. The Balaban J connectivity index is 1.09. The second-order valence-electron chi connectivity index (χ2n) is 12.5. The predicted molar refractivity (Wildman–Crippen MR) is 189 cm³/mol. The van der Waals surface area contributed by atoms with Gasteiger partial charge in [-0.1, -0.05) is 116 Å². The average molecular weight is 653 g/mol. The lowest BCUT2D eigenvalue weighted by molar-refractivity contribution is 0.0679. The van der Waals surface area contributed by atoms with Gasteiger partial charge in [0.25, 0.3) is 0 Å². The quantitative estimate of drug-likeness (QED) is 0.158. The molecule has 0 spiro atoms. The van der Waals surface area contributed by atoms with E-state index in [0.717, 1.165) is 60.7 Å². The average Bonchev–Trinajstić information content (AvgIpc) is 3.79. The van der Waals surface area contributed by atoms with Crippen molar-refractivity contribution in [1.82, 2.24) is 40.0 Å². The van der Waals surface area contributed by atoms with Gasteiger partial charge in [0.05, 0.1) is 11.7 Å². The molecule has 0 atom stereocenters. The van der Waals surface area contributed by atoms with Gasteiger partial charge >= 0.3 is 5.97 Å². The molecule has 49 heavy (non-hydrogen) atoms. The number of aromatic carboxylic acids is 1. The molecule has 0 unspecified atom stereocenters. The minimum Gasteiger partial charge on any atom is -0.477 e. The lowest BCUT2D eigenvalue weighted by Gasteiger charge is -2.39. The SMILES string of the molecule is CCCc1nc(CN2CCN(C(c3ccccc3)c3ccccc3)CC2)c(C(=O)O)n1Cc1ccc(-c2ccccc2-c2nn[nH]n2)cc1. The van der Waals surface area contributed by atoms with Crippen LogP contribution in [0.2, 0.25) is 0 Å². The Hall–Kier alpha value is -5.45. The summed E-state index contributed by atoms with van der Waals surface area (Å²) in [6.45, 7) is 6.45. The molecule has 1 aliphatic heterocycles. The first-order valence-electron chi connectivity index (χ1n) is 16.9. The minimum atomic E-state index is -0.942. The Kier molecular flexibility index (Phi) is 9.67. The van der Waals surface area contributed by atoms with Crippen LogP contribution < -0.4 is 0 Å². The maximum absolute atomic E-state index is 12.8. The molecule has 3 heterocycles. The van der Waals surface area contributed by atoms with Crippen LogP contribution in [0.25, 0.3) is 22.5 Å². The molecule has 1 aliphatic rings. The maximum Gasteiger partial charge on any atom is 0.354 e.